The zero-order chi connectivity index (χ0) is 15.6. The third-order valence-electron chi connectivity index (χ3n) is 2.90. The molecule has 7 heteroatoms. The number of hydrogen-bond acceptors (Lipinski definition) is 4. The highest BCUT2D eigenvalue weighted by atomic mass is 19.1. The Kier molecular flexibility index (Phi) is 4.32. The van der Waals surface area contributed by atoms with E-state index < -0.39 is 5.91 Å². The molecule has 1 amide bonds. The van der Waals surface area contributed by atoms with Crippen LogP contribution in [0.1, 0.15) is 30.3 Å². The van der Waals surface area contributed by atoms with Gasteiger partial charge in [0.15, 0.2) is 0 Å². The minimum Gasteiger partial charge on any atom is -0.274 e. The van der Waals surface area contributed by atoms with Crippen LogP contribution in [-0.2, 0) is 4.84 Å². The first kappa shape index (κ1) is 15.1. The van der Waals surface area contributed by atoms with Crippen LogP contribution in [0.3, 0.4) is 0 Å². The first-order valence-corrected chi connectivity index (χ1v) is 6.51. The van der Waals surface area contributed by atoms with Gasteiger partial charge in [-0.25, -0.2) is 19.1 Å². The topological polar surface area (TPSA) is 60.2 Å². The lowest BCUT2D eigenvalue weighted by atomic mass is 10.3. The van der Waals surface area contributed by atoms with E-state index in [1.165, 1.54) is 29.0 Å². The SMILES string of the molecule is CON(C(=O)c1nc(C)n(-c2ccc(F)cc2)n1)C(C)C. The van der Waals surface area contributed by atoms with Gasteiger partial charge in [0.05, 0.1) is 18.8 Å². The molecule has 0 spiro atoms. The van der Waals surface area contributed by atoms with Gasteiger partial charge in [-0.2, -0.15) is 0 Å². The van der Waals surface area contributed by atoms with E-state index in [1.807, 2.05) is 13.8 Å². The minimum absolute atomic E-state index is 0.0346. The molecule has 0 aliphatic carbocycles. The molecule has 0 saturated heterocycles. The third kappa shape index (κ3) is 3.08. The Balaban J connectivity index is 2.35. The standard InChI is InChI=1S/C14H17FN4O2/c1-9(2)19(21-4)14(20)13-16-10(3)18(17-13)12-7-5-11(15)6-8-12/h5-9H,1-4H3. The Morgan fingerprint density at radius 2 is 1.95 bits per heavy atom. The second-order valence-corrected chi connectivity index (χ2v) is 4.78. The number of hydrogen-bond donors (Lipinski definition) is 0. The summed E-state index contributed by atoms with van der Waals surface area (Å²) in [5.74, 6) is -0.188. The van der Waals surface area contributed by atoms with Gasteiger partial charge in [0.25, 0.3) is 0 Å². The number of nitrogens with zero attached hydrogens (tertiary/aromatic N) is 4. The number of aryl methyl sites for hydroxylation is 1. The number of rotatable bonds is 4. The molecular formula is C14H17FN4O2. The molecular weight excluding hydrogens is 275 g/mol. The Hall–Kier alpha value is -2.28. The normalized spacial score (nSPS) is 11.0. The van der Waals surface area contributed by atoms with Crippen molar-refractivity contribution < 1.29 is 14.0 Å². The van der Waals surface area contributed by atoms with Crippen molar-refractivity contribution in [2.45, 2.75) is 26.8 Å². The highest BCUT2D eigenvalue weighted by Gasteiger charge is 2.24. The predicted molar refractivity (Wildman–Crippen MR) is 74.4 cm³/mol. The molecule has 0 atom stereocenters. The molecule has 1 aromatic carbocycles. The molecule has 112 valence electrons. The second-order valence-electron chi connectivity index (χ2n) is 4.78. The summed E-state index contributed by atoms with van der Waals surface area (Å²) >= 11 is 0. The van der Waals surface area contributed by atoms with Crippen LogP contribution in [0, 0.1) is 12.7 Å². The number of halogens is 1. The summed E-state index contributed by atoms with van der Waals surface area (Å²) in [6, 6.07) is 5.66. The lowest BCUT2D eigenvalue weighted by molar-refractivity contribution is -0.115. The third-order valence-corrected chi connectivity index (χ3v) is 2.90. The van der Waals surface area contributed by atoms with Gasteiger partial charge in [0.2, 0.25) is 5.82 Å². The van der Waals surface area contributed by atoms with Crippen LogP contribution >= 0.6 is 0 Å². The largest absolute Gasteiger partial charge is 0.317 e. The maximum absolute atomic E-state index is 13.0. The molecule has 0 fully saturated rings. The summed E-state index contributed by atoms with van der Waals surface area (Å²) in [4.78, 5) is 21.5. The van der Waals surface area contributed by atoms with Gasteiger partial charge in [0.1, 0.15) is 11.6 Å². The Morgan fingerprint density at radius 3 is 2.48 bits per heavy atom. The van der Waals surface area contributed by atoms with Crippen LogP contribution in [0.2, 0.25) is 0 Å². The molecule has 0 aliphatic heterocycles. The van der Waals surface area contributed by atoms with Crippen molar-refractivity contribution in [3.8, 4) is 5.69 Å². The van der Waals surface area contributed by atoms with Crippen molar-refractivity contribution in [2.24, 2.45) is 0 Å². The zero-order valence-electron chi connectivity index (χ0n) is 12.4. The second kappa shape index (κ2) is 6.01. The van der Waals surface area contributed by atoms with Gasteiger partial charge in [-0.3, -0.25) is 9.63 Å². The maximum Gasteiger partial charge on any atom is 0.317 e. The molecule has 2 aromatic rings. The number of carbonyl (C=O) groups is 1. The number of hydroxylamine groups is 2. The van der Waals surface area contributed by atoms with Gasteiger partial charge in [-0.05, 0) is 45.0 Å². The van der Waals surface area contributed by atoms with Crippen LogP contribution in [-0.4, -0.2) is 38.9 Å². The Labute approximate surface area is 122 Å². The van der Waals surface area contributed by atoms with Gasteiger partial charge in [-0.1, -0.05) is 0 Å². The van der Waals surface area contributed by atoms with E-state index in [1.54, 1.807) is 19.1 Å². The van der Waals surface area contributed by atoms with Crippen molar-refractivity contribution >= 4 is 5.91 Å². The van der Waals surface area contributed by atoms with E-state index in [2.05, 4.69) is 10.1 Å². The lowest BCUT2D eigenvalue weighted by Gasteiger charge is -2.21. The van der Waals surface area contributed by atoms with Crippen molar-refractivity contribution in [2.75, 3.05) is 7.11 Å². The molecule has 0 aliphatic rings. The summed E-state index contributed by atoms with van der Waals surface area (Å²) in [7, 11) is 1.42. The number of amides is 1. The smallest absolute Gasteiger partial charge is 0.274 e. The van der Waals surface area contributed by atoms with E-state index in [9.17, 15) is 9.18 Å². The Morgan fingerprint density at radius 1 is 1.33 bits per heavy atom. The van der Waals surface area contributed by atoms with Crippen LogP contribution in [0.25, 0.3) is 5.69 Å². The molecule has 0 radical (unpaired) electrons. The average molecular weight is 292 g/mol. The van der Waals surface area contributed by atoms with Crippen LogP contribution in [0.4, 0.5) is 4.39 Å². The van der Waals surface area contributed by atoms with Gasteiger partial charge in [0, 0.05) is 0 Å². The van der Waals surface area contributed by atoms with Crippen molar-refractivity contribution in [1.29, 1.82) is 0 Å². The summed E-state index contributed by atoms with van der Waals surface area (Å²) in [5, 5.41) is 5.37. The molecule has 21 heavy (non-hydrogen) atoms. The quantitative estimate of drug-likeness (QED) is 0.810. The highest BCUT2D eigenvalue weighted by Crippen LogP contribution is 2.12. The summed E-state index contributed by atoms with van der Waals surface area (Å²) in [5.41, 5.74) is 0.633. The van der Waals surface area contributed by atoms with E-state index in [0.29, 0.717) is 11.5 Å². The highest BCUT2D eigenvalue weighted by molar-refractivity contribution is 5.89. The maximum atomic E-state index is 13.0. The monoisotopic (exact) mass is 292 g/mol. The minimum atomic E-state index is -0.420. The van der Waals surface area contributed by atoms with Crippen molar-refractivity contribution in [3.05, 3.63) is 41.7 Å². The van der Waals surface area contributed by atoms with E-state index in [-0.39, 0.29) is 17.7 Å². The fourth-order valence-corrected chi connectivity index (χ4v) is 1.93. The Bertz CT molecular complexity index is 637. The fraction of sp³-hybridized carbons (Fsp3) is 0.357. The van der Waals surface area contributed by atoms with E-state index >= 15 is 0 Å². The van der Waals surface area contributed by atoms with Crippen LogP contribution < -0.4 is 0 Å². The molecule has 0 saturated carbocycles. The van der Waals surface area contributed by atoms with Crippen molar-refractivity contribution in [1.82, 2.24) is 19.8 Å². The molecule has 2 rings (SSSR count). The van der Waals surface area contributed by atoms with Crippen molar-refractivity contribution in [3.63, 3.8) is 0 Å². The first-order chi connectivity index (χ1) is 9.93. The summed E-state index contributed by atoms with van der Waals surface area (Å²) < 4.78 is 14.4. The zero-order valence-corrected chi connectivity index (χ0v) is 12.4. The molecule has 0 unspecified atom stereocenters. The summed E-state index contributed by atoms with van der Waals surface area (Å²) in [6.07, 6.45) is 0. The first-order valence-electron chi connectivity index (χ1n) is 6.51. The molecule has 6 nitrogen and oxygen atoms in total. The molecule has 1 aromatic heterocycles. The molecule has 1 heterocycles. The van der Waals surface area contributed by atoms with Gasteiger partial charge >= 0.3 is 5.91 Å². The number of carbonyl (C=O) groups excluding carboxylic acids is 1. The van der Waals surface area contributed by atoms with E-state index in [0.717, 1.165) is 0 Å². The molecule has 0 N–H and O–H groups in total. The number of benzene rings is 1. The molecule has 0 bridgehead atoms. The van der Waals surface area contributed by atoms with Crippen LogP contribution in [0.5, 0.6) is 0 Å². The number of aromatic nitrogens is 3. The summed E-state index contributed by atoms with van der Waals surface area (Å²) in [6.45, 7) is 5.37. The lowest BCUT2D eigenvalue weighted by Crippen LogP contribution is -2.36. The van der Waals surface area contributed by atoms with Gasteiger partial charge in [-0.15, -0.1) is 5.10 Å². The predicted octanol–water partition coefficient (Wildman–Crippen LogP) is 2.13. The van der Waals surface area contributed by atoms with Gasteiger partial charge < -0.3 is 0 Å². The van der Waals surface area contributed by atoms with E-state index in [4.69, 9.17) is 4.84 Å². The average Bonchev–Trinajstić information content (AvgIpc) is 2.82. The fourth-order valence-electron chi connectivity index (χ4n) is 1.93. The van der Waals surface area contributed by atoms with Crippen LogP contribution in [0.15, 0.2) is 24.3 Å².